The molecule has 2 N–H and O–H groups in total. The monoisotopic (exact) mass is 288 g/mol. The van der Waals surface area contributed by atoms with Crippen LogP contribution in [0.3, 0.4) is 0 Å². The molecule has 2 fully saturated rings. The summed E-state index contributed by atoms with van der Waals surface area (Å²) in [6.45, 7) is 5.31. The minimum Gasteiger partial charge on any atom is -0.356 e. The molecule has 1 amide bonds. The average Bonchev–Trinajstić information content (AvgIpc) is 2.90. The maximum absolute atomic E-state index is 11.8. The molecule has 0 radical (unpaired) electrons. The van der Waals surface area contributed by atoms with Crippen LogP contribution in [0.1, 0.15) is 51.9 Å². The van der Waals surface area contributed by atoms with E-state index in [-0.39, 0.29) is 18.3 Å². The van der Waals surface area contributed by atoms with Gasteiger partial charge in [0, 0.05) is 13.0 Å². The predicted molar refractivity (Wildman–Crippen MR) is 81.6 cm³/mol. The lowest BCUT2D eigenvalue weighted by Gasteiger charge is -2.27. The molecule has 112 valence electrons. The summed E-state index contributed by atoms with van der Waals surface area (Å²) in [5.74, 6) is 2.52. The van der Waals surface area contributed by atoms with Gasteiger partial charge in [0.15, 0.2) is 0 Å². The summed E-state index contributed by atoms with van der Waals surface area (Å²) in [6.07, 6.45) is 8.56. The molecule has 1 atom stereocenters. The van der Waals surface area contributed by atoms with Crippen LogP contribution >= 0.6 is 12.4 Å². The third-order valence-electron chi connectivity index (χ3n) is 4.77. The molecule has 2 aliphatic rings. The Morgan fingerprint density at radius 1 is 1.11 bits per heavy atom. The minimum absolute atomic E-state index is 0. The Labute approximate surface area is 123 Å². The van der Waals surface area contributed by atoms with Crippen molar-refractivity contribution in [1.29, 1.82) is 0 Å². The molecule has 0 aromatic heterocycles. The first-order valence-electron chi connectivity index (χ1n) is 7.75. The van der Waals surface area contributed by atoms with Gasteiger partial charge in [-0.1, -0.05) is 26.2 Å². The number of amides is 1. The van der Waals surface area contributed by atoms with Crippen LogP contribution in [0, 0.1) is 17.8 Å². The van der Waals surface area contributed by atoms with Crippen molar-refractivity contribution in [3.05, 3.63) is 0 Å². The van der Waals surface area contributed by atoms with Crippen LogP contribution in [-0.4, -0.2) is 25.5 Å². The zero-order valence-electron chi connectivity index (χ0n) is 12.1. The Bertz CT molecular complexity index is 259. The Balaban J connectivity index is 0.00000180. The van der Waals surface area contributed by atoms with E-state index in [4.69, 9.17) is 0 Å². The maximum Gasteiger partial charge on any atom is 0.220 e. The van der Waals surface area contributed by atoms with Gasteiger partial charge in [-0.05, 0) is 50.1 Å². The van der Waals surface area contributed by atoms with Crippen molar-refractivity contribution in [2.24, 2.45) is 17.8 Å². The molecule has 0 aromatic rings. The van der Waals surface area contributed by atoms with E-state index in [1.807, 2.05) is 0 Å². The number of hydrogen-bond acceptors (Lipinski definition) is 2. The molecule has 2 rings (SSSR count). The highest BCUT2D eigenvalue weighted by Crippen LogP contribution is 2.30. The summed E-state index contributed by atoms with van der Waals surface area (Å²) >= 11 is 0. The normalized spacial score (nSPS) is 30.7. The molecule has 0 spiro atoms. The number of carbonyl (C=O) groups is 1. The number of nitrogens with one attached hydrogen (secondary N) is 2. The van der Waals surface area contributed by atoms with Crippen LogP contribution in [0.5, 0.6) is 0 Å². The lowest BCUT2D eigenvalue weighted by atomic mass is 9.81. The van der Waals surface area contributed by atoms with Gasteiger partial charge in [0.2, 0.25) is 5.91 Å². The highest BCUT2D eigenvalue weighted by atomic mass is 35.5. The summed E-state index contributed by atoms with van der Waals surface area (Å²) < 4.78 is 0. The van der Waals surface area contributed by atoms with Gasteiger partial charge in [0.05, 0.1) is 0 Å². The van der Waals surface area contributed by atoms with Gasteiger partial charge in [-0.2, -0.15) is 0 Å². The Morgan fingerprint density at radius 2 is 1.79 bits per heavy atom. The molecule has 1 unspecified atom stereocenters. The molecule has 0 aromatic carbocycles. The van der Waals surface area contributed by atoms with E-state index in [0.29, 0.717) is 5.92 Å². The lowest BCUT2D eigenvalue weighted by molar-refractivity contribution is -0.122. The van der Waals surface area contributed by atoms with Crippen LogP contribution in [0.2, 0.25) is 0 Å². The summed E-state index contributed by atoms with van der Waals surface area (Å²) in [5, 5.41) is 6.46. The van der Waals surface area contributed by atoms with Gasteiger partial charge in [-0.25, -0.2) is 0 Å². The van der Waals surface area contributed by atoms with Crippen molar-refractivity contribution in [2.75, 3.05) is 19.6 Å². The van der Waals surface area contributed by atoms with E-state index in [0.717, 1.165) is 44.3 Å². The van der Waals surface area contributed by atoms with E-state index in [9.17, 15) is 4.79 Å². The molecule has 1 heterocycles. The van der Waals surface area contributed by atoms with E-state index in [2.05, 4.69) is 17.6 Å². The second-order valence-electron chi connectivity index (χ2n) is 6.16. The molecular weight excluding hydrogens is 260 g/mol. The quantitative estimate of drug-likeness (QED) is 0.817. The maximum atomic E-state index is 11.8. The second kappa shape index (κ2) is 8.80. The smallest absolute Gasteiger partial charge is 0.220 e. The van der Waals surface area contributed by atoms with Gasteiger partial charge in [0.1, 0.15) is 0 Å². The third-order valence-corrected chi connectivity index (χ3v) is 4.77. The van der Waals surface area contributed by atoms with Crippen LogP contribution in [-0.2, 0) is 4.79 Å². The summed E-state index contributed by atoms with van der Waals surface area (Å²) in [6, 6.07) is 0. The molecular formula is C15H29ClN2O. The molecule has 4 heteroatoms. The fourth-order valence-corrected chi connectivity index (χ4v) is 3.33. The van der Waals surface area contributed by atoms with Gasteiger partial charge in [0.25, 0.3) is 0 Å². The van der Waals surface area contributed by atoms with Crippen LogP contribution in [0.25, 0.3) is 0 Å². The second-order valence-corrected chi connectivity index (χ2v) is 6.16. The van der Waals surface area contributed by atoms with Crippen molar-refractivity contribution in [2.45, 2.75) is 51.9 Å². The molecule has 1 aliphatic carbocycles. The summed E-state index contributed by atoms with van der Waals surface area (Å²) in [5.41, 5.74) is 0. The number of rotatable bonds is 5. The summed E-state index contributed by atoms with van der Waals surface area (Å²) in [4.78, 5) is 11.8. The first kappa shape index (κ1) is 16.8. The van der Waals surface area contributed by atoms with Crippen molar-refractivity contribution in [3.8, 4) is 0 Å². The fraction of sp³-hybridized carbons (Fsp3) is 0.933. The molecule has 1 saturated carbocycles. The predicted octanol–water partition coefficient (Wildman–Crippen LogP) is 2.74. The first-order chi connectivity index (χ1) is 8.78. The van der Waals surface area contributed by atoms with E-state index in [1.54, 1.807) is 0 Å². The van der Waals surface area contributed by atoms with Crippen molar-refractivity contribution in [1.82, 2.24) is 10.6 Å². The van der Waals surface area contributed by atoms with Crippen LogP contribution in [0.4, 0.5) is 0 Å². The zero-order valence-corrected chi connectivity index (χ0v) is 12.9. The van der Waals surface area contributed by atoms with Gasteiger partial charge < -0.3 is 10.6 Å². The number of carbonyl (C=O) groups excluding carboxylic acids is 1. The highest BCUT2D eigenvalue weighted by Gasteiger charge is 2.21. The number of halogens is 1. The Morgan fingerprint density at radius 3 is 2.37 bits per heavy atom. The average molecular weight is 289 g/mol. The van der Waals surface area contributed by atoms with Gasteiger partial charge >= 0.3 is 0 Å². The summed E-state index contributed by atoms with van der Waals surface area (Å²) in [7, 11) is 0. The van der Waals surface area contributed by atoms with Gasteiger partial charge in [-0.3, -0.25) is 4.79 Å². The molecule has 3 nitrogen and oxygen atoms in total. The standard InChI is InChI=1S/C15H28N2O.ClH/c1-2-12-3-5-13(6-4-12)11-17-15(18)9-14-7-8-16-10-14;/h12-14,16H,2-11H2,1H3,(H,17,18);1H. The largest absolute Gasteiger partial charge is 0.356 e. The van der Waals surface area contributed by atoms with Crippen LogP contribution in [0.15, 0.2) is 0 Å². The van der Waals surface area contributed by atoms with Crippen molar-refractivity contribution >= 4 is 18.3 Å². The molecule has 1 aliphatic heterocycles. The third kappa shape index (κ3) is 5.70. The number of hydrogen-bond donors (Lipinski definition) is 2. The van der Waals surface area contributed by atoms with Crippen molar-refractivity contribution in [3.63, 3.8) is 0 Å². The van der Waals surface area contributed by atoms with Crippen molar-refractivity contribution < 1.29 is 4.79 Å². The van der Waals surface area contributed by atoms with E-state index < -0.39 is 0 Å². The minimum atomic E-state index is 0. The van der Waals surface area contributed by atoms with Gasteiger partial charge in [-0.15, -0.1) is 12.4 Å². The SMILES string of the molecule is CCC1CCC(CNC(=O)CC2CCNC2)CC1.Cl. The highest BCUT2D eigenvalue weighted by molar-refractivity contribution is 5.85. The molecule has 0 bridgehead atoms. The molecule has 1 saturated heterocycles. The lowest BCUT2D eigenvalue weighted by Crippen LogP contribution is -2.32. The zero-order chi connectivity index (χ0) is 12.8. The Kier molecular flexibility index (Phi) is 7.77. The van der Waals surface area contributed by atoms with E-state index >= 15 is 0 Å². The van der Waals surface area contributed by atoms with E-state index in [1.165, 1.54) is 32.1 Å². The Hall–Kier alpha value is -0.280. The fourth-order valence-electron chi connectivity index (χ4n) is 3.33. The van der Waals surface area contributed by atoms with Crippen LogP contribution < -0.4 is 10.6 Å². The first-order valence-corrected chi connectivity index (χ1v) is 7.75. The molecule has 19 heavy (non-hydrogen) atoms. The topological polar surface area (TPSA) is 41.1 Å².